The number of nitrogens with zero attached hydrogens (tertiary/aromatic N) is 1. The van der Waals surface area contributed by atoms with Crippen LogP contribution in [0.1, 0.15) is 13.8 Å². The van der Waals surface area contributed by atoms with Gasteiger partial charge in [-0.15, -0.1) is 0 Å². The van der Waals surface area contributed by atoms with E-state index in [-0.39, 0.29) is 11.2 Å². The topological polar surface area (TPSA) is 93.3 Å². The molecule has 0 saturated carbocycles. The zero-order chi connectivity index (χ0) is 20.9. The molecule has 1 atom stereocenters. The van der Waals surface area contributed by atoms with Crippen molar-refractivity contribution in [3.05, 3.63) is 61.1 Å². The highest BCUT2D eigenvalue weighted by Crippen LogP contribution is 2.34. The number of aromatic amines is 1. The summed E-state index contributed by atoms with van der Waals surface area (Å²) in [7, 11) is 0. The monoisotopic (exact) mass is 423 g/mol. The van der Waals surface area contributed by atoms with Crippen LogP contribution in [0, 0.1) is 0 Å². The number of hydrogen-bond donors (Lipinski definition) is 2. The van der Waals surface area contributed by atoms with Gasteiger partial charge in [0.25, 0.3) is 0 Å². The maximum atomic E-state index is 12.6. The number of ether oxygens (including phenoxy) is 1. The van der Waals surface area contributed by atoms with Gasteiger partial charge in [0.2, 0.25) is 5.91 Å². The third kappa shape index (κ3) is 4.44. The average molecular weight is 423 g/mol. The molecule has 4 aromatic rings. The van der Waals surface area contributed by atoms with Crippen molar-refractivity contribution in [1.82, 2.24) is 9.97 Å². The molecule has 0 aliphatic carbocycles. The molecular formula is C22H21N3O4S. The fourth-order valence-corrected chi connectivity index (χ4v) is 3.67. The van der Waals surface area contributed by atoms with Gasteiger partial charge in [-0.25, -0.2) is 4.98 Å². The van der Waals surface area contributed by atoms with Gasteiger partial charge in [-0.1, -0.05) is 11.8 Å². The van der Waals surface area contributed by atoms with Crippen molar-refractivity contribution in [1.29, 1.82) is 0 Å². The molecule has 0 saturated heterocycles. The van der Waals surface area contributed by atoms with Gasteiger partial charge < -0.3 is 23.9 Å². The third-order valence-electron chi connectivity index (χ3n) is 4.29. The maximum Gasteiger partial charge on any atom is 0.237 e. The van der Waals surface area contributed by atoms with Gasteiger partial charge in [0.1, 0.15) is 17.1 Å². The minimum Gasteiger partial charge on any atom is -0.494 e. The number of furan rings is 2. The molecule has 1 aromatic carbocycles. The average Bonchev–Trinajstić information content (AvgIpc) is 3.50. The summed E-state index contributed by atoms with van der Waals surface area (Å²) in [6, 6.07) is 14.6. The van der Waals surface area contributed by atoms with Crippen molar-refractivity contribution < 1.29 is 18.4 Å². The van der Waals surface area contributed by atoms with Gasteiger partial charge in [-0.3, -0.25) is 4.79 Å². The molecule has 8 heteroatoms. The van der Waals surface area contributed by atoms with Crippen LogP contribution in [0.2, 0.25) is 0 Å². The SMILES string of the molecule is CCOc1ccc(NC(=O)C(C)Sc2nc(-c3ccco3)c(-c3ccco3)[nH]2)cc1. The van der Waals surface area contributed by atoms with Crippen LogP contribution in [0.15, 0.2) is 75.0 Å². The van der Waals surface area contributed by atoms with E-state index in [0.29, 0.717) is 40.4 Å². The molecule has 2 N–H and O–H groups in total. The van der Waals surface area contributed by atoms with Crippen LogP contribution in [-0.2, 0) is 4.79 Å². The maximum absolute atomic E-state index is 12.6. The van der Waals surface area contributed by atoms with Crippen LogP contribution in [-0.4, -0.2) is 27.7 Å². The van der Waals surface area contributed by atoms with E-state index in [2.05, 4.69) is 15.3 Å². The first kappa shape index (κ1) is 19.9. The second kappa shape index (κ2) is 8.96. The summed E-state index contributed by atoms with van der Waals surface area (Å²) < 4.78 is 16.4. The lowest BCUT2D eigenvalue weighted by Gasteiger charge is -2.11. The summed E-state index contributed by atoms with van der Waals surface area (Å²) in [6.45, 7) is 4.36. The minimum absolute atomic E-state index is 0.125. The molecular weight excluding hydrogens is 402 g/mol. The molecule has 1 amide bonds. The van der Waals surface area contributed by atoms with E-state index in [0.717, 1.165) is 5.75 Å². The van der Waals surface area contributed by atoms with Crippen LogP contribution >= 0.6 is 11.8 Å². The number of hydrogen-bond acceptors (Lipinski definition) is 6. The smallest absolute Gasteiger partial charge is 0.237 e. The lowest BCUT2D eigenvalue weighted by molar-refractivity contribution is -0.115. The Bertz CT molecular complexity index is 1030. The summed E-state index contributed by atoms with van der Waals surface area (Å²) in [4.78, 5) is 20.5. The highest BCUT2D eigenvalue weighted by Gasteiger charge is 2.22. The summed E-state index contributed by atoms with van der Waals surface area (Å²) in [5.74, 6) is 1.91. The number of carbonyl (C=O) groups is 1. The van der Waals surface area contributed by atoms with Crippen molar-refractivity contribution >= 4 is 23.4 Å². The van der Waals surface area contributed by atoms with E-state index >= 15 is 0 Å². The van der Waals surface area contributed by atoms with Gasteiger partial charge in [-0.2, -0.15) is 0 Å². The number of nitrogens with one attached hydrogen (secondary N) is 2. The Labute approximate surface area is 177 Å². The largest absolute Gasteiger partial charge is 0.494 e. The van der Waals surface area contributed by atoms with Crippen molar-refractivity contribution in [2.45, 2.75) is 24.3 Å². The predicted octanol–water partition coefficient (Wildman–Crippen LogP) is 5.45. The molecule has 30 heavy (non-hydrogen) atoms. The molecule has 154 valence electrons. The highest BCUT2D eigenvalue weighted by atomic mass is 32.2. The number of amides is 1. The molecule has 7 nitrogen and oxygen atoms in total. The second-order valence-electron chi connectivity index (χ2n) is 6.43. The summed E-state index contributed by atoms with van der Waals surface area (Å²) in [5, 5.41) is 3.13. The van der Waals surface area contributed by atoms with Gasteiger partial charge in [0, 0.05) is 5.69 Å². The number of H-pyrrole nitrogens is 1. The molecule has 0 bridgehead atoms. The Morgan fingerprint density at radius 3 is 2.47 bits per heavy atom. The van der Waals surface area contributed by atoms with Crippen LogP contribution in [0.5, 0.6) is 5.75 Å². The Kier molecular flexibility index (Phi) is 5.94. The van der Waals surface area contributed by atoms with Gasteiger partial charge in [0.05, 0.1) is 24.4 Å². The van der Waals surface area contributed by atoms with Crippen molar-refractivity contribution in [2.75, 3.05) is 11.9 Å². The van der Waals surface area contributed by atoms with Crippen molar-refractivity contribution in [2.24, 2.45) is 0 Å². The van der Waals surface area contributed by atoms with E-state index < -0.39 is 0 Å². The van der Waals surface area contributed by atoms with Crippen LogP contribution in [0.3, 0.4) is 0 Å². The summed E-state index contributed by atoms with van der Waals surface area (Å²) in [5.41, 5.74) is 2.05. The molecule has 0 radical (unpaired) electrons. The number of anilines is 1. The second-order valence-corrected chi connectivity index (χ2v) is 7.76. The molecule has 0 fully saturated rings. The van der Waals surface area contributed by atoms with Gasteiger partial charge in [-0.05, 0) is 62.4 Å². The molecule has 0 aliphatic heterocycles. The third-order valence-corrected chi connectivity index (χ3v) is 5.28. The Morgan fingerprint density at radius 2 is 1.83 bits per heavy atom. The van der Waals surface area contributed by atoms with E-state index in [9.17, 15) is 4.79 Å². The molecule has 0 aliphatic rings. The lowest BCUT2D eigenvalue weighted by atomic mass is 10.2. The first-order chi connectivity index (χ1) is 14.6. The fraction of sp³-hybridized carbons (Fsp3) is 0.182. The normalized spacial score (nSPS) is 11.9. The standard InChI is InChI=1S/C22H21N3O4S/c1-3-27-16-10-8-15(9-11-16)23-21(26)14(2)30-22-24-19(17-6-4-12-28-17)20(25-22)18-7-5-13-29-18/h4-14H,3H2,1-2H3,(H,23,26)(H,24,25). The number of aromatic nitrogens is 2. The Morgan fingerprint density at radius 1 is 1.13 bits per heavy atom. The molecule has 4 rings (SSSR count). The number of carbonyl (C=O) groups excluding carboxylic acids is 1. The first-order valence-corrected chi connectivity index (χ1v) is 10.4. The van der Waals surface area contributed by atoms with E-state index in [1.54, 1.807) is 18.6 Å². The predicted molar refractivity (Wildman–Crippen MR) is 116 cm³/mol. The highest BCUT2D eigenvalue weighted by molar-refractivity contribution is 8.00. The quantitative estimate of drug-likeness (QED) is 0.366. The van der Waals surface area contributed by atoms with Crippen molar-refractivity contribution in [3.63, 3.8) is 0 Å². The van der Waals surface area contributed by atoms with Crippen LogP contribution in [0.25, 0.3) is 22.9 Å². The first-order valence-electron chi connectivity index (χ1n) is 9.52. The van der Waals surface area contributed by atoms with E-state index in [1.165, 1.54) is 11.8 Å². The fourth-order valence-electron chi connectivity index (χ4n) is 2.86. The van der Waals surface area contributed by atoms with E-state index in [1.807, 2.05) is 56.3 Å². The molecule has 0 spiro atoms. The lowest BCUT2D eigenvalue weighted by Crippen LogP contribution is -2.22. The summed E-state index contributed by atoms with van der Waals surface area (Å²) in [6.07, 6.45) is 3.19. The van der Waals surface area contributed by atoms with Gasteiger partial charge in [0.15, 0.2) is 16.7 Å². The zero-order valence-corrected chi connectivity index (χ0v) is 17.4. The summed E-state index contributed by atoms with van der Waals surface area (Å²) >= 11 is 1.33. The van der Waals surface area contributed by atoms with Crippen LogP contribution in [0.4, 0.5) is 5.69 Å². The zero-order valence-electron chi connectivity index (χ0n) is 16.5. The molecule has 1 unspecified atom stereocenters. The number of thioether (sulfide) groups is 1. The molecule has 3 heterocycles. The number of benzene rings is 1. The van der Waals surface area contributed by atoms with Gasteiger partial charge >= 0.3 is 0 Å². The number of imidazole rings is 1. The number of rotatable bonds is 8. The Hall–Kier alpha value is -3.39. The Balaban J connectivity index is 1.48. The van der Waals surface area contributed by atoms with E-state index in [4.69, 9.17) is 13.6 Å². The van der Waals surface area contributed by atoms with Crippen LogP contribution < -0.4 is 10.1 Å². The van der Waals surface area contributed by atoms with Crippen molar-refractivity contribution in [3.8, 4) is 28.7 Å². The minimum atomic E-state index is -0.378. The molecule has 3 aromatic heterocycles.